The second-order valence-electron chi connectivity index (χ2n) is 7.49. The summed E-state index contributed by atoms with van der Waals surface area (Å²) >= 11 is 0. The first-order valence-corrected chi connectivity index (χ1v) is 8.96. The minimum atomic E-state index is -0.481. The van der Waals surface area contributed by atoms with Crippen LogP contribution in [0.4, 0.5) is 10.5 Å². The Morgan fingerprint density at radius 1 is 1.37 bits per heavy atom. The van der Waals surface area contributed by atoms with Gasteiger partial charge in [-0.2, -0.15) is 0 Å². The summed E-state index contributed by atoms with van der Waals surface area (Å²) in [7, 11) is 1.61. The SMILES string of the molecule is COc1ccccc1NC(N)=NCC1CCCN(C(=O)OC(C)(C)C)C1.I. The molecule has 1 aromatic rings. The number of aliphatic imine (C=N–C) groups is 1. The molecule has 0 aliphatic carbocycles. The van der Waals surface area contributed by atoms with Crippen molar-refractivity contribution >= 4 is 41.7 Å². The maximum atomic E-state index is 12.2. The number of nitrogens with one attached hydrogen (secondary N) is 1. The van der Waals surface area contributed by atoms with Crippen LogP contribution in [-0.2, 0) is 4.74 Å². The number of rotatable bonds is 4. The van der Waals surface area contributed by atoms with Gasteiger partial charge in [0.25, 0.3) is 0 Å². The molecule has 0 radical (unpaired) electrons. The fraction of sp³-hybridized carbons (Fsp3) is 0.579. The van der Waals surface area contributed by atoms with Crippen LogP contribution >= 0.6 is 24.0 Å². The Balaban J connectivity index is 0.00000364. The number of ether oxygens (including phenoxy) is 2. The van der Waals surface area contributed by atoms with Gasteiger partial charge >= 0.3 is 6.09 Å². The summed E-state index contributed by atoms with van der Waals surface area (Å²) in [4.78, 5) is 18.4. The number of carbonyl (C=O) groups is 1. The first-order chi connectivity index (χ1) is 12.3. The molecule has 7 nitrogen and oxygen atoms in total. The summed E-state index contributed by atoms with van der Waals surface area (Å²) in [6.07, 6.45) is 1.70. The first kappa shape index (κ1) is 23.3. The number of piperidine rings is 1. The molecule has 1 fully saturated rings. The number of hydrogen-bond acceptors (Lipinski definition) is 4. The zero-order valence-electron chi connectivity index (χ0n) is 16.5. The predicted octanol–water partition coefficient (Wildman–Crippen LogP) is 3.69. The molecule has 0 bridgehead atoms. The molecule has 1 aliphatic heterocycles. The van der Waals surface area contributed by atoms with E-state index in [4.69, 9.17) is 15.2 Å². The van der Waals surface area contributed by atoms with Gasteiger partial charge in [0.1, 0.15) is 11.4 Å². The smallest absolute Gasteiger partial charge is 0.410 e. The van der Waals surface area contributed by atoms with E-state index in [1.54, 1.807) is 12.0 Å². The molecule has 0 spiro atoms. The van der Waals surface area contributed by atoms with Crippen molar-refractivity contribution in [2.45, 2.75) is 39.2 Å². The third kappa shape index (κ3) is 7.82. The summed E-state index contributed by atoms with van der Waals surface area (Å²) in [6.45, 7) is 7.56. The molecule has 1 saturated heterocycles. The molecule has 1 unspecified atom stereocenters. The lowest BCUT2D eigenvalue weighted by Crippen LogP contribution is -2.43. The highest BCUT2D eigenvalue weighted by molar-refractivity contribution is 14.0. The van der Waals surface area contributed by atoms with E-state index in [1.165, 1.54) is 0 Å². The zero-order chi connectivity index (χ0) is 19.2. The highest BCUT2D eigenvalue weighted by atomic mass is 127. The number of carbonyl (C=O) groups excluding carboxylic acids is 1. The minimum Gasteiger partial charge on any atom is -0.495 e. The van der Waals surface area contributed by atoms with Crippen LogP contribution in [0.5, 0.6) is 5.75 Å². The largest absolute Gasteiger partial charge is 0.495 e. The van der Waals surface area contributed by atoms with Crippen molar-refractivity contribution < 1.29 is 14.3 Å². The molecule has 1 aliphatic rings. The summed E-state index contributed by atoms with van der Waals surface area (Å²) in [5.74, 6) is 1.32. The Kier molecular flexibility index (Phi) is 9.14. The fourth-order valence-electron chi connectivity index (χ4n) is 2.86. The van der Waals surface area contributed by atoms with Gasteiger partial charge in [-0.05, 0) is 51.7 Å². The number of anilines is 1. The molecule has 1 heterocycles. The van der Waals surface area contributed by atoms with Crippen molar-refractivity contribution in [1.82, 2.24) is 4.90 Å². The summed E-state index contributed by atoms with van der Waals surface area (Å²) in [5.41, 5.74) is 6.29. The molecular formula is C19H31IN4O3. The van der Waals surface area contributed by atoms with Crippen molar-refractivity contribution in [3.8, 4) is 5.75 Å². The quantitative estimate of drug-likeness (QED) is 0.382. The Morgan fingerprint density at radius 3 is 2.74 bits per heavy atom. The topological polar surface area (TPSA) is 89.2 Å². The number of benzene rings is 1. The number of amides is 1. The Morgan fingerprint density at radius 2 is 2.07 bits per heavy atom. The lowest BCUT2D eigenvalue weighted by atomic mass is 9.98. The van der Waals surface area contributed by atoms with Crippen LogP contribution in [0, 0.1) is 5.92 Å². The van der Waals surface area contributed by atoms with Gasteiger partial charge in [-0.15, -0.1) is 24.0 Å². The van der Waals surface area contributed by atoms with Crippen LogP contribution in [0.15, 0.2) is 29.3 Å². The highest BCUT2D eigenvalue weighted by Gasteiger charge is 2.27. The van der Waals surface area contributed by atoms with Gasteiger partial charge in [-0.25, -0.2) is 4.79 Å². The molecule has 3 N–H and O–H groups in total. The molecule has 2 rings (SSSR count). The van der Waals surface area contributed by atoms with E-state index < -0.39 is 5.60 Å². The summed E-state index contributed by atoms with van der Waals surface area (Å²) in [5, 5.41) is 3.06. The van der Waals surface area contributed by atoms with E-state index in [2.05, 4.69) is 10.3 Å². The summed E-state index contributed by atoms with van der Waals surface area (Å²) < 4.78 is 10.7. The average molecular weight is 490 g/mol. The molecule has 27 heavy (non-hydrogen) atoms. The zero-order valence-corrected chi connectivity index (χ0v) is 18.9. The maximum Gasteiger partial charge on any atom is 0.410 e. The molecule has 1 atom stereocenters. The normalized spacial score (nSPS) is 17.7. The number of guanidine groups is 1. The van der Waals surface area contributed by atoms with Crippen LogP contribution in [-0.4, -0.2) is 49.3 Å². The van der Waals surface area contributed by atoms with Gasteiger partial charge in [0.2, 0.25) is 0 Å². The van der Waals surface area contributed by atoms with Crippen molar-refractivity contribution in [3.63, 3.8) is 0 Å². The molecular weight excluding hydrogens is 459 g/mol. The summed E-state index contributed by atoms with van der Waals surface area (Å²) in [6, 6.07) is 7.53. The fourth-order valence-corrected chi connectivity index (χ4v) is 2.86. The average Bonchev–Trinajstić information content (AvgIpc) is 2.59. The Hall–Kier alpha value is -1.71. The van der Waals surface area contributed by atoms with Gasteiger partial charge in [-0.1, -0.05) is 12.1 Å². The number of nitrogens with two attached hydrogens (primary N) is 1. The second-order valence-corrected chi connectivity index (χ2v) is 7.49. The second kappa shape index (κ2) is 10.6. The first-order valence-electron chi connectivity index (χ1n) is 8.96. The van der Waals surface area contributed by atoms with Gasteiger partial charge < -0.3 is 25.4 Å². The van der Waals surface area contributed by atoms with Crippen molar-refractivity contribution in [2.75, 3.05) is 32.1 Å². The Bertz CT molecular complexity index is 646. The van der Waals surface area contributed by atoms with Crippen molar-refractivity contribution in [2.24, 2.45) is 16.6 Å². The molecule has 0 saturated carbocycles. The van der Waals surface area contributed by atoms with Crippen LogP contribution in [0.25, 0.3) is 0 Å². The predicted molar refractivity (Wildman–Crippen MR) is 119 cm³/mol. The Labute approximate surface area is 178 Å². The molecule has 152 valence electrons. The monoisotopic (exact) mass is 490 g/mol. The van der Waals surface area contributed by atoms with E-state index in [-0.39, 0.29) is 36.0 Å². The number of para-hydroxylation sites is 2. The maximum absolute atomic E-state index is 12.2. The standard InChI is InChI=1S/C19H30N4O3.HI/c1-19(2,3)26-18(24)23-11-7-8-14(13-23)12-21-17(20)22-15-9-5-6-10-16(15)25-4;/h5-6,9-10,14H,7-8,11-13H2,1-4H3,(H3,20,21,22);1H. The van der Waals surface area contributed by atoms with Gasteiger partial charge in [-0.3, -0.25) is 4.99 Å². The van der Waals surface area contributed by atoms with E-state index >= 15 is 0 Å². The molecule has 1 amide bonds. The van der Waals surface area contributed by atoms with Gasteiger partial charge in [0.05, 0.1) is 12.8 Å². The number of nitrogens with zero attached hydrogens (tertiary/aromatic N) is 2. The lowest BCUT2D eigenvalue weighted by molar-refractivity contribution is 0.0171. The van der Waals surface area contributed by atoms with Crippen molar-refractivity contribution in [3.05, 3.63) is 24.3 Å². The lowest BCUT2D eigenvalue weighted by Gasteiger charge is -2.33. The third-order valence-electron chi connectivity index (χ3n) is 4.06. The van der Waals surface area contributed by atoms with Crippen LogP contribution in [0.1, 0.15) is 33.6 Å². The van der Waals surface area contributed by atoms with E-state index in [0.29, 0.717) is 24.8 Å². The van der Waals surface area contributed by atoms with E-state index in [9.17, 15) is 4.79 Å². The van der Waals surface area contributed by atoms with Gasteiger partial charge in [0.15, 0.2) is 5.96 Å². The molecule has 8 heteroatoms. The van der Waals surface area contributed by atoms with Gasteiger partial charge in [0, 0.05) is 19.6 Å². The highest BCUT2D eigenvalue weighted by Crippen LogP contribution is 2.23. The molecule has 1 aromatic carbocycles. The van der Waals surface area contributed by atoms with Crippen molar-refractivity contribution in [1.29, 1.82) is 0 Å². The van der Waals surface area contributed by atoms with E-state index in [1.807, 2.05) is 45.0 Å². The van der Waals surface area contributed by atoms with Crippen LogP contribution in [0.2, 0.25) is 0 Å². The minimum absolute atomic E-state index is 0. The number of methoxy groups -OCH3 is 1. The van der Waals surface area contributed by atoms with Crippen LogP contribution in [0.3, 0.4) is 0 Å². The van der Waals surface area contributed by atoms with Crippen LogP contribution < -0.4 is 15.8 Å². The molecule has 0 aromatic heterocycles. The van der Waals surface area contributed by atoms with E-state index in [0.717, 1.165) is 25.1 Å². The number of hydrogen-bond donors (Lipinski definition) is 2. The number of halogens is 1. The number of likely N-dealkylation sites (tertiary alicyclic amines) is 1. The third-order valence-corrected chi connectivity index (χ3v) is 4.06.